The van der Waals surface area contributed by atoms with Crippen molar-refractivity contribution in [1.82, 2.24) is 0 Å². The molecule has 0 saturated heterocycles. The second-order valence-electron chi connectivity index (χ2n) is 4.46. The van der Waals surface area contributed by atoms with Crippen molar-refractivity contribution >= 4 is 72.3 Å². The minimum Gasteiger partial charge on any atom is -0.266 e. The predicted molar refractivity (Wildman–Crippen MR) is 82.4 cm³/mol. The molecule has 0 aliphatic carbocycles. The fourth-order valence-corrected chi connectivity index (χ4v) is 3.16. The summed E-state index contributed by atoms with van der Waals surface area (Å²) in [5.41, 5.74) is 0. The second kappa shape index (κ2) is 8.63. The average Bonchev–Trinajstić information content (AvgIpc) is 2.43. The van der Waals surface area contributed by atoms with E-state index >= 15 is 0 Å². The van der Waals surface area contributed by atoms with Gasteiger partial charge in [0.1, 0.15) is 4.90 Å². The van der Waals surface area contributed by atoms with Gasteiger partial charge in [-0.3, -0.25) is 4.18 Å². The van der Waals surface area contributed by atoms with Crippen LogP contribution in [0, 0.1) is 0 Å². The fourth-order valence-electron chi connectivity index (χ4n) is 2.00. The summed E-state index contributed by atoms with van der Waals surface area (Å²) in [6, 6.07) is 12.6. The molecule has 0 aromatic heterocycles. The molecule has 0 aliphatic rings. The second-order valence-corrected chi connectivity index (χ2v) is 6.04. The maximum Gasteiger partial charge on any atom is 0.297 e. The summed E-state index contributed by atoms with van der Waals surface area (Å²) in [6.07, 6.45) is 2.78. The summed E-state index contributed by atoms with van der Waals surface area (Å²) in [7, 11) is -3.67. The Bertz CT molecular complexity index is 648. The molecule has 103 valence electrons. The zero-order chi connectivity index (χ0) is 13.7. The summed E-state index contributed by atoms with van der Waals surface area (Å²) in [5, 5.41) is 1.61. The van der Waals surface area contributed by atoms with Crippen LogP contribution in [-0.4, -0.2) is 66.4 Å². The molecule has 2 aromatic rings. The van der Waals surface area contributed by atoms with Crippen LogP contribution in [-0.2, 0) is 14.3 Å². The van der Waals surface area contributed by atoms with Gasteiger partial charge in [-0.15, -0.1) is 0 Å². The van der Waals surface area contributed by atoms with E-state index in [9.17, 15) is 8.42 Å². The van der Waals surface area contributed by atoms with Crippen LogP contribution in [0.1, 0.15) is 26.2 Å². The molecule has 20 heavy (non-hydrogen) atoms. The minimum atomic E-state index is -3.67. The van der Waals surface area contributed by atoms with E-state index in [1.165, 1.54) is 0 Å². The summed E-state index contributed by atoms with van der Waals surface area (Å²) in [5.74, 6) is 0. The molecule has 1 radical (unpaired) electrons. The quantitative estimate of drug-likeness (QED) is 0.466. The van der Waals surface area contributed by atoms with Crippen LogP contribution in [0.15, 0.2) is 47.4 Å². The molecule has 0 heterocycles. The van der Waals surface area contributed by atoms with E-state index in [0.29, 0.717) is 5.39 Å². The molecule has 0 amide bonds. The van der Waals surface area contributed by atoms with Gasteiger partial charge < -0.3 is 0 Å². The third kappa shape index (κ3) is 4.63. The molecule has 0 aliphatic heterocycles. The molecule has 0 spiro atoms. The average molecular weight is 317 g/mol. The maximum absolute atomic E-state index is 12.2. The molecule has 5 heteroatoms. The molecule has 2 aromatic carbocycles. The van der Waals surface area contributed by atoms with Crippen molar-refractivity contribution in [3.8, 4) is 0 Å². The molecular weight excluding hydrogens is 299 g/mol. The summed E-state index contributed by atoms with van der Waals surface area (Å²) in [6.45, 7) is 2.32. The van der Waals surface area contributed by atoms with Crippen molar-refractivity contribution < 1.29 is 12.6 Å². The topological polar surface area (TPSA) is 43.4 Å². The van der Waals surface area contributed by atoms with Gasteiger partial charge in [0.2, 0.25) is 0 Å². The van der Waals surface area contributed by atoms with Gasteiger partial charge in [0.15, 0.2) is 0 Å². The summed E-state index contributed by atoms with van der Waals surface area (Å²) in [4.78, 5) is 0.252. The van der Waals surface area contributed by atoms with E-state index in [1.54, 1.807) is 18.2 Å². The van der Waals surface area contributed by atoms with Crippen molar-refractivity contribution in [1.29, 1.82) is 0 Å². The van der Waals surface area contributed by atoms with Crippen LogP contribution >= 0.6 is 0 Å². The van der Waals surface area contributed by atoms with Gasteiger partial charge >= 0.3 is 0 Å². The predicted octanol–water partition coefficient (Wildman–Crippen LogP) is 3.35. The Morgan fingerprint density at radius 3 is 2.45 bits per heavy atom. The Morgan fingerprint density at radius 2 is 1.70 bits per heavy atom. The van der Waals surface area contributed by atoms with Gasteiger partial charge in [-0.05, 0) is 17.9 Å². The first-order chi connectivity index (χ1) is 9.15. The van der Waals surface area contributed by atoms with Crippen LogP contribution in [0.3, 0.4) is 0 Å². The molecule has 0 atom stereocenters. The number of rotatable bonds is 6. The summed E-state index contributed by atoms with van der Waals surface area (Å²) >= 11 is 0. The van der Waals surface area contributed by atoms with Gasteiger partial charge in [0, 0.05) is 56.8 Å². The first kappa shape index (κ1) is 18.3. The van der Waals surface area contributed by atoms with E-state index in [1.807, 2.05) is 24.3 Å². The van der Waals surface area contributed by atoms with Crippen molar-refractivity contribution in [2.24, 2.45) is 0 Å². The molecule has 0 unspecified atom stereocenters. The number of fused-ring (bicyclic) bond motifs is 1. The monoisotopic (exact) mass is 317 g/mol. The van der Waals surface area contributed by atoms with Crippen LogP contribution in [0.4, 0.5) is 0 Å². The fraction of sp³-hybridized carbons (Fsp3) is 0.333. The molecule has 2 rings (SSSR count). The Morgan fingerprint density at radius 1 is 1.00 bits per heavy atom. The van der Waals surface area contributed by atoms with Crippen LogP contribution in [0.25, 0.3) is 10.8 Å². The standard InChI is InChI=1S/C15H18O3S.K/c1-2-3-6-12-18-19(16,17)15-11-7-9-13-8-4-5-10-14(13)15;/h4-5,7-11H,2-3,6,12H2,1H3;. The minimum absolute atomic E-state index is 0. The number of hydrogen-bond donors (Lipinski definition) is 0. The Hall–Kier alpha value is 0.246. The number of benzene rings is 2. The summed E-state index contributed by atoms with van der Waals surface area (Å²) < 4.78 is 29.5. The van der Waals surface area contributed by atoms with Gasteiger partial charge in [-0.1, -0.05) is 56.2 Å². The first-order valence-corrected chi connectivity index (χ1v) is 7.93. The zero-order valence-corrected chi connectivity index (χ0v) is 15.9. The first-order valence-electron chi connectivity index (χ1n) is 6.52. The van der Waals surface area contributed by atoms with E-state index in [2.05, 4.69) is 6.92 Å². The Kier molecular flexibility index (Phi) is 7.90. The van der Waals surface area contributed by atoms with Crippen molar-refractivity contribution in [2.45, 2.75) is 31.1 Å². The molecule has 3 nitrogen and oxygen atoms in total. The van der Waals surface area contributed by atoms with Gasteiger partial charge in [0.25, 0.3) is 10.1 Å². The third-order valence-corrected chi connectivity index (χ3v) is 4.38. The van der Waals surface area contributed by atoms with E-state index in [0.717, 1.165) is 24.6 Å². The van der Waals surface area contributed by atoms with Crippen LogP contribution < -0.4 is 0 Å². The molecular formula is C15H18KO3S. The SMILES string of the molecule is CCCCCOS(=O)(=O)c1cccc2ccccc12.[K]. The number of hydrogen-bond acceptors (Lipinski definition) is 3. The third-order valence-electron chi connectivity index (χ3n) is 3.01. The van der Waals surface area contributed by atoms with Crippen LogP contribution in [0.5, 0.6) is 0 Å². The van der Waals surface area contributed by atoms with Crippen molar-refractivity contribution in [2.75, 3.05) is 6.61 Å². The molecule has 0 fully saturated rings. The van der Waals surface area contributed by atoms with Gasteiger partial charge in [-0.25, -0.2) is 0 Å². The normalized spacial score (nSPS) is 11.2. The van der Waals surface area contributed by atoms with E-state index in [4.69, 9.17) is 4.18 Å². The van der Waals surface area contributed by atoms with E-state index < -0.39 is 10.1 Å². The number of unbranched alkanes of at least 4 members (excludes halogenated alkanes) is 2. The molecule has 0 N–H and O–H groups in total. The van der Waals surface area contributed by atoms with Crippen molar-refractivity contribution in [3.05, 3.63) is 42.5 Å². The smallest absolute Gasteiger partial charge is 0.266 e. The van der Waals surface area contributed by atoms with E-state index in [-0.39, 0.29) is 62.9 Å². The maximum atomic E-state index is 12.2. The molecule has 0 saturated carbocycles. The zero-order valence-electron chi connectivity index (χ0n) is 12.0. The Labute approximate surface area is 163 Å². The van der Waals surface area contributed by atoms with Crippen LogP contribution in [0.2, 0.25) is 0 Å². The largest absolute Gasteiger partial charge is 0.297 e. The Balaban J connectivity index is 0.00000200. The molecule has 0 bridgehead atoms. The van der Waals surface area contributed by atoms with Crippen molar-refractivity contribution in [3.63, 3.8) is 0 Å². The van der Waals surface area contributed by atoms with Gasteiger partial charge in [-0.2, -0.15) is 8.42 Å². The van der Waals surface area contributed by atoms with Gasteiger partial charge in [0.05, 0.1) is 6.61 Å².